The summed E-state index contributed by atoms with van der Waals surface area (Å²) in [6.07, 6.45) is 12.2. The van der Waals surface area contributed by atoms with E-state index in [-0.39, 0.29) is 17.4 Å². The van der Waals surface area contributed by atoms with Gasteiger partial charge in [0.25, 0.3) is 0 Å². The van der Waals surface area contributed by atoms with Crippen molar-refractivity contribution in [3.05, 3.63) is 74.0 Å². The molecular weight excluding hydrogens is 219 g/mol. The predicted molar refractivity (Wildman–Crippen MR) is 58.4 cm³/mol. The summed E-state index contributed by atoms with van der Waals surface area (Å²) < 4.78 is 13.4. The van der Waals surface area contributed by atoms with Gasteiger partial charge in [0.15, 0.2) is 0 Å². The summed E-state index contributed by atoms with van der Waals surface area (Å²) in [7, 11) is 0. The average Bonchev–Trinajstić information content (AvgIpc) is 3.09. The number of furan rings is 3. The van der Waals surface area contributed by atoms with Crippen LogP contribution < -0.4 is 0 Å². The molecule has 0 aliphatic carbocycles. The molecule has 0 unspecified atom stereocenters. The summed E-state index contributed by atoms with van der Waals surface area (Å²) in [5.41, 5.74) is 0. The molecular formula is C12H9AlO3. The zero-order valence-electron chi connectivity index (χ0n) is 8.50. The van der Waals surface area contributed by atoms with Gasteiger partial charge in [0.05, 0.1) is 0 Å². The zero-order valence-corrected chi connectivity index (χ0v) is 9.65. The maximum Gasteiger partial charge on any atom is 3.00 e. The van der Waals surface area contributed by atoms with Crippen LogP contribution in [0, 0.1) is 18.8 Å². The monoisotopic (exact) mass is 228 g/mol. The van der Waals surface area contributed by atoms with Gasteiger partial charge < -0.3 is 13.3 Å². The molecule has 0 radical (unpaired) electrons. The molecule has 78 valence electrons. The van der Waals surface area contributed by atoms with Crippen LogP contribution in [0.4, 0.5) is 0 Å². The fraction of sp³-hybridized carbons (Fsp3) is 0. The van der Waals surface area contributed by atoms with Crippen molar-refractivity contribution in [2.75, 3.05) is 0 Å². The van der Waals surface area contributed by atoms with Gasteiger partial charge in [0, 0.05) is 0 Å². The molecule has 0 aliphatic rings. The first-order valence-corrected chi connectivity index (χ1v) is 4.19. The van der Waals surface area contributed by atoms with E-state index in [2.05, 4.69) is 32.0 Å². The molecule has 0 N–H and O–H groups in total. The Morgan fingerprint density at radius 1 is 0.562 bits per heavy atom. The third-order valence-corrected chi connectivity index (χ3v) is 1.14. The largest absolute Gasteiger partial charge is 3.00 e. The molecule has 0 aromatic carbocycles. The number of rotatable bonds is 0. The van der Waals surface area contributed by atoms with Crippen molar-refractivity contribution >= 4 is 17.4 Å². The Morgan fingerprint density at radius 2 is 0.875 bits per heavy atom. The molecule has 0 atom stereocenters. The Bertz CT molecular complexity index is 248. The first kappa shape index (κ1) is 14.4. The zero-order chi connectivity index (χ0) is 10.6. The van der Waals surface area contributed by atoms with E-state index in [0.717, 1.165) is 0 Å². The minimum atomic E-state index is 0. The summed E-state index contributed by atoms with van der Waals surface area (Å²) in [6, 6.07) is 10.5. The molecule has 3 heterocycles. The van der Waals surface area contributed by atoms with E-state index in [4.69, 9.17) is 0 Å². The van der Waals surface area contributed by atoms with E-state index in [1.165, 1.54) is 0 Å². The molecule has 4 heteroatoms. The van der Waals surface area contributed by atoms with E-state index in [9.17, 15) is 0 Å². The van der Waals surface area contributed by atoms with Crippen molar-refractivity contribution in [3.63, 3.8) is 0 Å². The molecule has 0 aliphatic heterocycles. The van der Waals surface area contributed by atoms with E-state index < -0.39 is 0 Å². The third kappa shape index (κ3) is 8.95. The normalized spacial score (nSPS) is 7.50. The minimum absolute atomic E-state index is 0. The van der Waals surface area contributed by atoms with Crippen LogP contribution in [0.1, 0.15) is 0 Å². The van der Waals surface area contributed by atoms with Crippen molar-refractivity contribution in [2.24, 2.45) is 0 Å². The second-order valence-corrected chi connectivity index (χ2v) is 2.19. The third-order valence-electron chi connectivity index (χ3n) is 1.14. The topological polar surface area (TPSA) is 39.4 Å². The van der Waals surface area contributed by atoms with Gasteiger partial charge >= 0.3 is 17.4 Å². The first-order chi connectivity index (χ1) is 7.50. The maximum absolute atomic E-state index is 4.46. The van der Waals surface area contributed by atoms with Crippen LogP contribution >= 0.6 is 0 Å². The molecule has 0 bridgehead atoms. The van der Waals surface area contributed by atoms with Crippen molar-refractivity contribution in [1.29, 1.82) is 0 Å². The molecule has 3 aromatic heterocycles. The summed E-state index contributed by atoms with van der Waals surface area (Å²) in [5.74, 6) is 0. The fourth-order valence-electron chi connectivity index (χ4n) is 0.589. The van der Waals surface area contributed by atoms with Crippen LogP contribution in [0.3, 0.4) is 0 Å². The quantitative estimate of drug-likeness (QED) is 0.438. The van der Waals surface area contributed by atoms with Gasteiger partial charge in [-0.15, -0.1) is 18.2 Å². The van der Waals surface area contributed by atoms with Crippen molar-refractivity contribution < 1.29 is 13.3 Å². The standard InChI is InChI=1S/3C4H3O.Al/c3*1-2-4-5-3-1;/h3*1-3H;/q3*-1;+3. The van der Waals surface area contributed by atoms with Crippen LogP contribution in [0.25, 0.3) is 0 Å². The van der Waals surface area contributed by atoms with Gasteiger partial charge in [-0.05, 0) is 18.8 Å². The van der Waals surface area contributed by atoms with E-state index in [1.54, 1.807) is 55.2 Å². The van der Waals surface area contributed by atoms with E-state index in [1.807, 2.05) is 0 Å². The Kier molecular flexibility index (Phi) is 10.3. The van der Waals surface area contributed by atoms with Crippen LogP contribution in [-0.4, -0.2) is 17.4 Å². The molecule has 3 nitrogen and oxygen atoms in total. The van der Waals surface area contributed by atoms with Crippen molar-refractivity contribution in [3.8, 4) is 0 Å². The maximum atomic E-state index is 4.46. The van der Waals surface area contributed by atoms with Gasteiger partial charge in [0.1, 0.15) is 0 Å². The van der Waals surface area contributed by atoms with Crippen molar-refractivity contribution in [2.45, 2.75) is 0 Å². The molecule has 3 rings (SSSR count). The summed E-state index contributed by atoms with van der Waals surface area (Å²) in [6.45, 7) is 0. The van der Waals surface area contributed by atoms with Gasteiger partial charge in [-0.1, -0.05) is 18.8 Å². The minimum Gasteiger partial charge on any atom is -0.599 e. The Hall–Kier alpha value is -1.63. The second-order valence-electron chi connectivity index (χ2n) is 2.19. The molecule has 16 heavy (non-hydrogen) atoms. The SMILES string of the molecule is [Al+3].[c-]1ccco1.[c-]1ccco1.[c-]1ccco1. The van der Waals surface area contributed by atoms with E-state index >= 15 is 0 Å². The van der Waals surface area contributed by atoms with Crippen LogP contribution in [-0.2, 0) is 0 Å². The first-order valence-electron chi connectivity index (χ1n) is 4.19. The second kappa shape index (κ2) is 11.4. The smallest absolute Gasteiger partial charge is 0.599 e. The average molecular weight is 228 g/mol. The Labute approximate surface area is 105 Å². The van der Waals surface area contributed by atoms with E-state index in [0.29, 0.717) is 0 Å². The number of hydrogen-bond donors (Lipinski definition) is 0. The van der Waals surface area contributed by atoms with Crippen molar-refractivity contribution in [1.82, 2.24) is 0 Å². The Balaban J connectivity index is 0.000000205. The molecule has 0 spiro atoms. The summed E-state index contributed by atoms with van der Waals surface area (Å²) in [4.78, 5) is 0. The molecule has 0 saturated heterocycles. The van der Waals surface area contributed by atoms with Crippen LogP contribution in [0.15, 0.2) is 68.4 Å². The molecule has 0 fully saturated rings. The molecule has 0 saturated carbocycles. The fourth-order valence-corrected chi connectivity index (χ4v) is 0.589. The van der Waals surface area contributed by atoms with Crippen LogP contribution in [0.5, 0.6) is 0 Å². The Morgan fingerprint density at radius 3 is 0.938 bits per heavy atom. The van der Waals surface area contributed by atoms with Gasteiger partial charge in [-0.25, -0.2) is 0 Å². The summed E-state index contributed by atoms with van der Waals surface area (Å²) >= 11 is 0. The summed E-state index contributed by atoms with van der Waals surface area (Å²) in [5, 5.41) is 0. The van der Waals surface area contributed by atoms with Crippen LogP contribution in [0.2, 0.25) is 0 Å². The predicted octanol–water partition coefficient (Wildman–Crippen LogP) is 2.86. The molecule has 3 aromatic rings. The molecule has 0 amide bonds. The van der Waals surface area contributed by atoms with Gasteiger partial charge in [0.2, 0.25) is 0 Å². The van der Waals surface area contributed by atoms with Gasteiger partial charge in [-0.3, -0.25) is 0 Å². The number of hydrogen-bond acceptors (Lipinski definition) is 3. The van der Waals surface area contributed by atoms with Gasteiger partial charge in [-0.2, -0.15) is 18.2 Å².